The van der Waals surface area contributed by atoms with Gasteiger partial charge < -0.3 is 14.9 Å². The molecule has 0 aliphatic carbocycles. The molecular formula is C26H23ClN4O. The summed E-state index contributed by atoms with van der Waals surface area (Å²) in [4.78, 5) is 15.9. The number of para-hydroxylation sites is 2. The molecule has 0 saturated heterocycles. The molecule has 2 aromatic heterocycles. The highest BCUT2D eigenvalue weighted by Gasteiger charge is 2.15. The van der Waals surface area contributed by atoms with Crippen LogP contribution in [-0.4, -0.2) is 22.0 Å². The number of H-pyrrole nitrogens is 1. The van der Waals surface area contributed by atoms with E-state index in [1.54, 1.807) is 6.08 Å². The van der Waals surface area contributed by atoms with Crippen molar-refractivity contribution in [2.75, 3.05) is 6.54 Å². The van der Waals surface area contributed by atoms with Gasteiger partial charge in [-0.3, -0.25) is 4.79 Å². The molecule has 0 atom stereocenters. The highest BCUT2D eigenvalue weighted by molar-refractivity contribution is 6.32. The normalized spacial score (nSPS) is 11.5. The summed E-state index contributed by atoms with van der Waals surface area (Å²) in [5, 5.41) is 14.2. The van der Waals surface area contributed by atoms with E-state index < -0.39 is 0 Å². The summed E-state index contributed by atoms with van der Waals surface area (Å²) in [6, 6.07) is 19.6. The highest BCUT2D eigenvalue weighted by atomic mass is 35.5. The van der Waals surface area contributed by atoms with E-state index >= 15 is 0 Å². The van der Waals surface area contributed by atoms with Crippen molar-refractivity contribution in [1.29, 1.82) is 5.26 Å². The van der Waals surface area contributed by atoms with Gasteiger partial charge in [0.05, 0.1) is 10.7 Å². The molecular weight excluding hydrogens is 420 g/mol. The van der Waals surface area contributed by atoms with Crippen LogP contribution in [0.3, 0.4) is 0 Å². The van der Waals surface area contributed by atoms with Gasteiger partial charge in [0.25, 0.3) is 5.91 Å². The summed E-state index contributed by atoms with van der Waals surface area (Å²) in [6.07, 6.45) is 4.27. The van der Waals surface area contributed by atoms with Crippen LogP contribution in [0, 0.1) is 25.2 Å². The first-order valence-electron chi connectivity index (χ1n) is 10.4. The number of hydrogen-bond acceptors (Lipinski definition) is 2. The lowest BCUT2D eigenvalue weighted by atomic mass is 10.1. The number of amides is 1. The smallest absolute Gasteiger partial charge is 0.261 e. The monoisotopic (exact) mass is 442 g/mol. The fourth-order valence-electron chi connectivity index (χ4n) is 3.99. The number of halogens is 1. The van der Waals surface area contributed by atoms with Gasteiger partial charge in [0.1, 0.15) is 11.6 Å². The van der Waals surface area contributed by atoms with Crippen LogP contribution in [0.15, 0.2) is 66.4 Å². The van der Waals surface area contributed by atoms with Crippen LogP contribution < -0.4 is 5.32 Å². The quantitative estimate of drug-likeness (QED) is 0.306. The fraction of sp³-hybridized carbons (Fsp3) is 0.154. The van der Waals surface area contributed by atoms with Crippen molar-refractivity contribution in [3.63, 3.8) is 0 Å². The number of aromatic amines is 1. The van der Waals surface area contributed by atoms with Crippen molar-refractivity contribution >= 4 is 34.5 Å². The van der Waals surface area contributed by atoms with Crippen molar-refractivity contribution in [1.82, 2.24) is 14.9 Å². The number of carbonyl (C=O) groups excluding carboxylic acids is 1. The molecule has 0 unspecified atom stereocenters. The number of aryl methyl sites for hydroxylation is 1. The SMILES string of the molecule is Cc1cc(/C=C(/C#N)C(=O)NCCc2c[nH]c3ccccc23)c(C)n1-c1ccccc1Cl. The van der Waals surface area contributed by atoms with Crippen LogP contribution in [0.5, 0.6) is 0 Å². The molecule has 1 amide bonds. The maximum atomic E-state index is 12.7. The summed E-state index contributed by atoms with van der Waals surface area (Å²) >= 11 is 6.38. The summed E-state index contributed by atoms with van der Waals surface area (Å²) in [5.41, 5.74) is 5.83. The molecule has 2 aromatic carbocycles. The van der Waals surface area contributed by atoms with Crippen LogP contribution in [0.1, 0.15) is 22.5 Å². The summed E-state index contributed by atoms with van der Waals surface area (Å²) < 4.78 is 2.03. The summed E-state index contributed by atoms with van der Waals surface area (Å²) in [6.45, 7) is 4.37. The molecule has 6 heteroatoms. The first kappa shape index (κ1) is 21.5. The van der Waals surface area contributed by atoms with Crippen molar-refractivity contribution in [2.24, 2.45) is 0 Å². The molecule has 32 heavy (non-hydrogen) atoms. The zero-order valence-corrected chi connectivity index (χ0v) is 18.7. The molecule has 0 aliphatic rings. The number of aromatic nitrogens is 2. The van der Waals surface area contributed by atoms with Gasteiger partial charge in [0.15, 0.2) is 0 Å². The maximum absolute atomic E-state index is 12.7. The minimum atomic E-state index is -0.380. The molecule has 0 fully saturated rings. The number of fused-ring (bicyclic) bond motifs is 1. The van der Waals surface area contributed by atoms with E-state index in [9.17, 15) is 10.1 Å². The van der Waals surface area contributed by atoms with Crippen LogP contribution in [0.2, 0.25) is 5.02 Å². The third-order valence-corrected chi connectivity index (χ3v) is 5.90. The van der Waals surface area contributed by atoms with E-state index in [1.807, 2.05) is 79.2 Å². The second-order valence-corrected chi connectivity index (χ2v) is 8.06. The van der Waals surface area contributed by atoms with Crippen molar-refractivity contribution in [2.45, 2.75) is 20.3 Å². The van der Waals surface area contributed by atoms with Gasteiger partial charge in [-0.1, -0.05) is 41.9 Å². The minimum absolute atomic E-state index is 0.0725. The van der Waals surface area contributed by atoms with Gasteiger partial charge in [-0.25, -0.2) is 0 Å². The van der Waals surface area contributed by atoms with E-state index in [1.165, 1.54) is 0 Å². The zero-order chi connectivity index (χ0) is 22.7. The van der Waals surface area contributed by atoms with Crippen LogP contribution in [0.25, 0.3) is 22.7 Å². The van der Waals surface area contributed by atoms with Gasteiger partial charge in [-0.15, -0.1) is 0 Å². The Bertz CT molecular complexity index is 1370. The van der Waals surface area contributed by atoms with Crippen molar-refractivity contribution in [3.05, 3.63) is 93.9 Å². The third kappa shape index (κ3) is 4.18. The zero-order valence-electron chi connectivity index (χ0n) is 17.9. The molecule has 4 rings (SSSR count). The highest BCUT2D eigenvalue weighted by Crippen LogP contribution is 2.27. The van der Waals surface area contributed by atoms with Gasteiger partial charge in [0, 0.05) is 35.0 Å². The summed E-state index contributed by atoms with van der Waals surface area (Å²) in [7, 11) is 0. The number of benzene rings is 2. The number of rotatable bonds is 6. The molecule has 5 nitrogen and oxygen atoms in total. The van der Waals surface area contributed by atoms with E-state index in [-0.39, 0.29) is 11.5 Å². The lowest BCUT2D eigenvalue weighted by Gasteiger charge is -2.11. The molecule has 0 spiro atoms. The van der Waals surface area contributed by atoms with Gasteiger partial charge in [-0.05, 0) is 61.7 Å². The van der Waals surface area contributed by atoms with Crippen LogP contribution in [0.4, 0.5) is 0 Å². The lowest BCUT2D eigenvalue weighted by Crippen LogP contribution is -2.26. The maximum Gasteiger partial charge on any atom is 0.261 e. The van der Waals surface area contributed by atoms with Gasteiger partial charge >= 0.3 is 0 Å². The lowest BCUT2D eigenvalue weighted by molar-refractivity contribution is -0.117. The average Bonchev–Trinajstić information content (AvgIpc) is 3.32. The second kappa shape index (κ2) is 9.17. The number of nitrogens with zero attached hydrogens (tertiary/aromatic N) is 2. The standard InChI is InChI=1S/C26H23ClN4O/c1-17-13-20(18(2)31(17)25-10-6-4-8-23(25)27)14-21(15-28)26(32)29-12-11-19-16-30-24-9-5-3-7-22(19)24/h3-10,13-14,16,30H,11-12H2,1-2H3,(H,29,32)/b21-14-. The molecule has 0 radical (unpaired) electrons. The first-order valence-corrected chi connectivity index (χ1v) is 10.8. The molecule has 2 N–H and O–H groups in total. The first-order chi connectivity index (χ1) is 15.5. The largest absolute Gasteiger partial charge is 0.361 e. The van der Waals surface area contributed by atoms with Crippen molar-refractivity contribution < 1.29 is 4.79 Å². The summed E-state index contributed by atoms with van der Waals surface area (Å²) in [5.74, 6) is -0.380. The molecule has 4 aromatic rings. The van der Waals surface area contributed by atoms with E-state index in [4.69, 9.17) is 11.6 Å². The van der Waals surface area contributed by atoms with E-state index in [0.29, 0.717) is 18.0 Å². The topological polar surface area (TPSA) is 73.6 Å². The Morgan fingerprint density at radius 1 is 1.19 bits per heavy atom. The molecule has 0 bridgehead atoms. The Morgan fingerprint density at radius 3 is 2.72 bits per heavy atom. The number of nitrogens with one attached hydrogen (secondary N) is 2. The molecule has 0 aliphatic heterocycles. The average molecular weight is 443 g/mol. The predicted octanol–water partition coefficient (Wildman–Crippen LogP) is 5.49. The predicted molar refractivity (Wildman–Crippen MR) is 129 cm³/mol. The Labute approximate surface area is 191 Å². The fourth-order valence-corrected chi connectivity index (χ4v) is 4.21. The third-order valence-electron chi connectivity index (χ3n) is 5.58. The van der Waals surface area contributed by atoms with Crippen molar-refractivity contribution in [3.8, 4) is 11.8 Å². The number of nitriles is 1. The second-order valence-electron chi connectivity index (χ2n) is 7.65. The Morgan fingerprint density at radius 2 is 1.94 bits per heavy atom. The Kier molecular flexibility index (Phi) is 6.16. The number of hydrogen-bond donors (Lipinski definition) is 2. The van der Waals surface area contributed by atoms with Crippen LogP contribution >= 0.6 is 11.6 Å². The molecule has 2 heterocycles. The van der Waals surface area contributed by atoms with Gasteiger partial charge in [0.2, 0.25) is 0 Å². The Hall–Kier alpha value is -3.75. The molecule has 0 saturated carbocycles. The van der Waals surface area contributed by atoms with Gasteiger partial charge in [-0.2, -0.15) is 5.26 Å². The minimum Gasteiger partial charge on any atom is -0.361 e. The number of carbonyl (C=O) groups is 1. The van der Waals surface area contributed by atoms with E-state index in [2.05, 4.69) is 16.4 Å². The van der Waals surface area contributed by atoms with Crippen LogP contribution in [-0.2, 0) is 11.2 Å². The molecule has 160 valence electrons. The van der Waals surface area contributed by atoms with E-state index in [0.717, 1.165) is 39.1 Å². The Balaban J connectivity index is 1.50.